The lowest BCUT2D eigenvalue weighted by Gasteiger charge is -2.30. The second-order valence-corrected chi connectivity index (χ2v) is 11.3. The maximum absolute atomic E-state index is 12.8. The first-order chi connectivity index (χ1) is 17.3. The molecule has 0 bridgehead atoms. The number of carbonyl (C=O) groups excluding carboxylic acids is 1. The third-order valence-corrected chi connectivity index (χ3v) is 8.44. The maximum Gasteiger partial charge on any atom is 0.407 e. The number of carboxylic acid groups (broad SMARTS) is 1. The number of amides is 2. The molecule has 2 fully saturated rings. The maximum atomic E-state index is 12.8. The van der Waals surface area contributed by atoms with Crippen molar-refractivity contribution >= 4 is 38.5 Å². The van der Waals surface area contributed by atoms with Gasteiger partial charge in [0.2, 0.25) is 15.9 Å². The number of hydrogen-bond acceptors (Lipinski definition) is 5. The van der Waals surface area contributed by atoms with Crippen LogP contribution in [-0.4, -0.2) is 55.0 Å². The van der Waals surface area contributed by atoms with Crippen LogP contribution in [0.1, 0.15) is 30.7 Å². The van der Waals surface area contributed by atoms with E-state index in [0.717, 1.165) is 41.3 Å². The molecule has 10 heteroatoms. The number of rotatable bonds is 7. The Hall–Kier alpha value is -3.50. The standard InChI is InChI=1S/C26H28N4O5S/c31-25(29-21-6-3-20-15-27-10-9-19(20)12-21)24-13-23(24)18-4-7-22(8-5-18)36(34,35)28-14-17-2-1-11-30(16-17)26(32)33/h3-10,12,15,17,23-24,28H,1-2,11,13-14,16H2,(H,29,31)(H,32,33)/t17-,23-,24+/m0/s1. The molecule has 2 aromatic carbocycles. The Bertz CT molecular complexity index is 1390. The second kappa shape index (κ2) is 9.87. The largest absolute Gasteiger partial charge is 0.465 e. The van der Waals surface area contributed by atoms with Crippen molar-refractivity contribution in [2.75, 3.05) is 25.0 Å². The van der Waals surface area contributed by atoms with Crippen LogP contribution in [0.5, 0.6) is 0 Å². The lowest BCUT2D eigenvalue weighted by atomic mass is 9.99. The zero-order valence-corrected chi connectivity index (χ0v) is 20.4. The van der Waals surface area contributed by atoms with Crippen molar-refractivity contribution in [2.45, 2.75) is 30.1 Å². The van der Waals surface area contributed by atoms with Crippen LogP contribution in [0.2, 0.25) is 0 Å². The molecule has 3 aromatic rings. The van der Waals surface area contributed by atoms with Crippen LogP contribution in [-0.2, 0) is 14.8 Å². The van der Waals surface area contributed by atoms with Crippen LogP contribution in [0.15, 0.2) is 65.8 Å². The minimum Gasteiger partial charge on any atom is -0.465 e. The molecule has 1 saturated carbocycles. The van der Waals surface area contributed by atoms with Crippen molar-refractivity contribution in [1.82, 2.24) is 14.6 Å². The van der Waals surface area contributed by atoms with E-state index >= 15 is 0 Å². The monoisotopic (exact) mass is 508 g/mol. The predicted molar refractivity (Wildman–Crippen MR) is 135 cm³/mol. The quantitative estimate of drug-likeness (QED) is 0.447. The molecule has 5 rings (SSSR count). The van der Waals surface area contributed by atoms with Crippen molar-refractivity contribution in [1.29, 1.82) is 0 Å². The van der Waals surface area contributed by atoms with Gasteiger partial charge in [-0.05, 0) is 72.4 Å². The van der Waals surface area contributed by atoms with Gasteiger partial charge >= 0.3 is 6.09 Å². The summed E-state index contributed by atoms with van der Waals surface area (Å²) < 4.78 is 28.1. The Morgan fingerprint density at radius 1 is 1.08 bits per heavy atom. The Labute approximate surface area is 209 Å². The SMILES string of the molecule is O=C(Nc1ccc2cnccc2c1)[C@@H]1C[C@H]1c1ccc(S(=O)(=O)NC[C@@H]2CCCN(C(=O)O)C2)cc1. The van der Waals surface area contributed by atoms with Gasteiger partial charge in [0.15, 0.2) is 0 Å². The van der Waals surface area contributed by atoms with Crippen molar-refractivity contribution in [2.24, 2.45) is 11.8 Å². The van der Waals surface area contributed by atoms with Gasteiger partial charge in [0.25, 0.3) is 0 Å². The van der Waals surface area contributed by atoms with Gasteiger partial charge in [0.05, 0.1) is 4.90 Å². The Balaban J connectivity index is 1.16. The number of pyridine rings is 1. The van der Waals surface area contributed by atoms with E-state index in [1.54, 1.807) is 36.7 Å². The third-order valence-electron chi connectivity index (χ3n) is 7.01. The van der Waals surface area contributed by atoms with Gasteiger partial charge in [0.1, 0.15) is 0 Å². The highest BCUT2D eigenvalue weighted by molar-refractivity contribution is 7.89. The van der Waals surface area contributed by atoms with Gasteiger partial charge in [0, 0.05) is 49.0 Å². The third kappa shape index (κ3) is 5.34. The highest BCUT2D eigenvalue weighted by Crippen LogP contribution is 2.48. The topological polar surface area (TPSA) is 129 Å². The van der Waals surface area contributed by atoms with E-state index in [0.29, 0.717) is 13.1 Å². The number of likely N-dealkylation sites (tertiary alicyclic amines) is 1. The summed E-state index contributed by atoms with van der Waals surface area (Å²) in [5.74, 6) is -0.186. The Kier molecular flexibility index (Phi) is 6.63. The van der Waals surface area contributed by atoms with Gasteiger partial charge in [-0.15, -0.1) is 0 Å². The summed E-state index contributed by atoms with van der Waals surface area (Å²) in [6.07, 6.45) is 4.75. The number of hydrogen-bond donors (Lipinski definition) is 3. The summed E-state index contributed by atoms with van der Waals surface area (Å²) in [4.78, 5) is 29.5. The first-order valence-corrected chi connectivity index (χ1v) is 13.5. The van der Waals surface area contributed by atoms with Gasteiger partial charge in [-0.3, -0.25) is 9.78 Å². The lowest BCUT2D eigenvalue weighted by Crippen LogP contribution is -2.43. The molecule has 2 heterocycles. The number of sulfonamides is 1. The molecule has 3 atom stereocenters. The first-order valence-electron chi connectivity index (χ1n) is 12.0. The predicted octanol–water partition coefficient (Wildman–Crippen LogP) is 3.65. The number of benzene rings is 2. The summed E-state index contributed by atoms with van der Waals surface area (Å²) in [7, 11) is -3.71. The summed E-state index contributed by atoms with van der Waals surface area (Å²) >= 11 is 0. The zero-order valence-electron chi connectivity index (χ0n) is 19.6. The van der Waals surface area contributed by atoms with Crippen LogP contribution >= 0.6 is 0 Å². The molecule has 2 aliphatic rings. The molecular formula is C26H28N4O5S. The lowest BCUT2D eigenvalue weighted by molar-refractivity contribution is -0.117. The molecule has 3 N–H and O–H groups in total. The van der Waals surface area contributed by atoms with Crippen LogP contribution in [0, 0.1) is 11.8 Å². The van der Waals surface area contributed by atoms with Crippen molar-refractivity contribution < 1.29 is 23.1 Å². The summed E-state index contributed by atoms with van der Waals surface area (Å²) in [5.41, 5.74) is 1.67. The van der Waals surface area contributed by atoms with Crippen LogP contribution in [0.4, 0.5) is 10.5 Å². The fraction of sp³-hybridized carbons (Fsp3) is 0.346. The number of piperidine rings is 1. The number of nitrogens with zero attached hydrogens (tertiary/aromatic N) is 2. The van der Waals surface area contributed by atoms with E-state index in [2.05, 4.69) is 15.0 Å². The molecule has 1 aliphatic carbocycles. The van der Waals surface area contributed by atoms with E-state index in [1.807, 2.05) is 24.3 Å². The molecule has 36 heavy (non-hydrogen) atoms. The molecule has 2 amide bonds. The van der Waals surface area contributed by atoms with Crippen LogP contribution in [0.25, 0.3) is 10.8 Å². The molecular weight excluding hydrogens is 480 g/mol. The summed E-state index contributed by atoms with van der Waals surface area (Å²) in [6, 6.07) is 14.3. The van der Waals surface area contributed by atoms with E-state index in [4.69, 9.17) is 5.11 Å². The van der Waals surface area contributed by atoms with E-state index < -0.39 is 16.1 Å². The van der Waals surface area contributed by atoms with Gasteiger partial charge in [-0.25, -0.2) is 17.9 Å². The van der Waals surface area contributed by atoms with Gasteiger partial charge in [-0.1, -0.05) is 18.2 Å². The average Bonchev–Trinajstić information content (AvgIpc) is 3.69. The molecule has 188 valence electrons. The van der Waals surface area contributed by atoms with Gasteiger partial charge < -0.3 is 15.3 Å². The molecule has 0 radical (unpaired) electrons. The van der Waals surface area contributed by atoms with Crippen LogP contribution in [0.3, 0.4) is 0 Å². The molecule has 0 spiro atoms. The van der Waals surface area contributed by atoms with E-state index in [-0.39, 0.29) is 35.1 Å². The number of carbonyl (C=O) groups is 2. The molecule has 0 unspecified atom stereocenters. The molecule has 9 nitrogen and oxygen atoms in total. The van der Waals surface area contributed by atoms with E-state index in [9.17, 15) is 18.0 Å². The van der Waals surface area contributed by atoms with Crippen LogP contribution < -0.4 is 10.0 Å². The smallest absolute Gasteiger partial charge is 0.407 e. The first kappa shape index (κ1) is 24.2. The number of fused-ring (bicyclic) bond motifs is 1. The molecule has 1 saturated heterocycles. The number of anilines is 1. The van der Waals surface area contributed by atoms with Gasteiger partial charge in [-0.2, -0.15) is 0 Å². The zero-order chi connectivity index (χ0) is 25.3. The Morgan fingerprint density at radius 3 is 2.67 bits per heavy atom. The summed E-state index contributed by atoms with van der Waals surface area (Å²) in [6.45, 7) is 1.02. The summed E-state index contributed by atoms with van der Waals surface area (Å²) in [5, 5.41) is 14.2. The highest BCUT2D eigenvalue weighted by Gasteiger charge is 2.44. The normalized spacial score (nSPS) is 21.8. The Morgan fingerprint density at radius 2 is 1.89 bits per heavy atom. The molecule has 1 aromatic heterocycles. The van der Waals surface area contributed by atoms with Crippen molar-refractivity contribution in [3.8, 4) is 0 Å². The van der Waals surface area contributed by atoms with Crippen molar-refractivity contribution in [3.05, 3.63) is 66.5 Å². The highest BCUT2D eigenvalue weighted by atomic mass is 32.2. The minimum absolute atomic E-state index is 0.0466. The minimum atomic E-state index is -3.71. The fourth-order valence-electron chi connectivity index (χ4n) is 4.86. The molecule has 1 aliphatic heterocycles. The van der Waals surface area contributed by atoms with E-state index in [1.165, 1.54) is 4.90 Å². The number of aromatic nitrogens is 1. The average molecular weight is 509 g/mol. The number of nitrogens with one attached hydrogen (secondary N) is 2. The van der Waals surface area contributed by atoms with Crippen molar-refractivity contribution in [3.63, 3.8) is 0 Å². The second-order valence-electron chi connectivity index (χ2n) is 9.53. The fourth-order valence-corrected chi connectivity index (χ4v) is 5.98.